The molecule has 2 rings (SSSR count). The average Bonchev–Trinajstić information content (AvgIpc) is 2.84. The summed E-state index contributed by atoms with van der Waals surface area (Å²) in [7, 11) is 0. The van der Waals surface area contributed by atoms with Crippen molar-refractivity contribution in [1.82, 2.24) is 10.5 Å². The topological polar surface area (TPSA) is 55.1 Å². The molecule has 4 nitrogen and oxygen atoms in total. The Morgan fingerprint density at radius 3 is 3.07 bits per heavy atom. The first-order valence-electron chi connectivity index (χ1n) is 4.18. The third kappa shape index (κ3) is 2.45. The number of nitrogens with one attached hydrogen (secondary N) is 1. The van der Waals surface area contributed by atoms with Gasteiger partial charge in [0, 0.05) is 10.5 Å². The summed E-state index contributed by atoms with van der Waals surface area (Å²) < 4.78 is 5.46. The van der Waals surface area contributed by atoms with Crippen LogP contribution in [0.1, 0.15) is 15.4 Å². The highest BCUT2D eigenvalue weighted by atomic mass is 79.9. The van der Waals surface area contributed by atoms with Crippen LogP contribution in [0.4, 0.5) is 0 Å². The van der Waals surface area contributed by atoms with Crippen LogP contribution in [0.2, 0.25) is 0 Å². The zero-order valence-electron chi connectivity index (χ0n) is 7.57. The zero-order valence-corrected chi connectivity index (χ0v) is 9.97. The van der Waals surface area contributed by atoms with Crippen LogP contribution < -0.4 is 5.32 Å². The van der Waals surface area contributed by atoms with E-state index < -0.39 is 0 Å². The van der Waals surface area contributed by atoms with Crippen LogP contribution >= 0.6 is 27.3 Å². The number of nitrogens with zero attached hydrogens (tertiary/aromatic N) is 1. The van der Waals surface area contributed by atoms with Crippen LogP contribution in [-0.2, 0) is 6.54 Å². The minimum absolute atomic E-state index is 0.111. The molecule has 0 atom stereocenters. The van der Waals surface area contributed by atoms with Gasteiger partial charge in [-0.15, -0.1) is 11.3 Å². The van der Waals surface area contributed by atoms with Crippen molar-refractivity contribution in [3.8, 4) is 0 Å². The first-order valence-corrected chi connectivity index (χ1v) is 5.85. The first kappa shape index (κ1) is 10.4. The number of carbonyl (C=O) groups is 1. The number of aromatic nitrogens is 1. The van der Waals surface area contributed by atoms with Crippen LogP contribution in [0.5, 0.6) is 0 Å². The smallest absolute Gasteiger partial charge is 0.262 e. The molecule has 0 spiro atoms. The van der Waals surface area contributed by atoms with E-state index in [9.17, 15) is 4.79 Å². The van der Waals surface area contributed by atoms with Gasteiger partial charge in [-0.25, -0.2) is 0 Å². The minimum Gasteiger partial charge on any atom is -0.364 e. The van der Waals surface area contributed by atoms with Gasteiger partial charge in [-0.3, -0.25) is 4.79 Å². The molecule has 15 heavy (non-hydrogen) atoms. The van der Waals surface area contributed by atoms with Crippen molar-refractivity contribution in [3.63, 3.8) is 0 Å². The Labute approximate surface area is 98.4 Å². The van der Waals surface area contributed by atoms with E-state index in [2.05, 4.69) is 30.9 Å². The lowest BCUT2D eigenvalue weighted by Crippen LogP contribution is -2.22. The molecule has 2 aromatic rings. The molecule has 6 heteroatoms. The van der Waals surface area contributed by atoms with Gasteiger partial charge in [-0.1, -0.05) is 5.16 Å². The lowest BCUT2D eigenvalue weighted by atomic mass is 10.4. The number of amides is 1. The Morgan fingerprint density at radius 2 is 2.47 bits per heavy atom. The van der Waals surface area contributed by atoms with Gasteiger partial charge in [0.15, 0.2) is 0 Å². The van der Waals surface area contributed by atoms with Crippen molar-refractivity contribution < 1.29 is 9.32 Å². The van der Waals surface area contributed by atoms with Gasteiger partial charge in [0.05, 0.1) is 6.54 Å². The van der Waals surface area contributed by atoms with Crippen LogP contribution in [0, 0.1) is 0 Å². The Balaban J connectivity index is 1.96. The van der Waals surface area contributed by atoms with Crippen molar-refractivity contribution in [1.29, 1.82) is 0 Å². The molecule has 2 aromatic heterocycles. The molecule has 0 fully saturated rings. The molecule has 0 saturated heterocycles. The molecule has 1 amide bonds. The highest BCUT2D eigenvalue weighted by molar-refractivity contribution is 9.10. The summed E-state index contributed by atoms with van der Waals surface area (Å²) >= 11 is 4.69. The fourth-order valence-electron chi connectivity index (χ4n) is 1.04. The van der Waals surface area contributed by atoms with Gasteiger partial charge in [0.25, 0.3) is 5.91 Å². The van der Waals surface area contributed by atoms with Crippen molar-refractivity contribution >= 4 is 33.2 Å². The molecular formula is C9H7BrN2O2S. The molecule has 0 aromatic carbocycles. The number of hydrogen-bond acceptors (Lipinski definition) is 4. The first-order chi connectivity index (χ1) is 7.27. The molecular weight excluding hydrogens is 280 g/mol. The van der Waals surface area contributed by atoms with Crippen LogP contribution in [-0.4, -0.2) is 11.1 Å². The Kier molecular flexibility index (Phi) is 3.17. The van der Waals surface area contributed by atoms with Crippen LogP contribution in [0.3, 0.4) is 0 Å². The normalized spacial score (nSPS) is 10.2. The molecule has 2 heterocycles. The summed E-state index contributed by atoms with van der Waals surface area (Å²) in [5, 5.41) is 8.30. The van der Waals surface area contributed by atoms with Crippen LogP contribution in [0.15, 0.2) is 32.8 Å². The molecule has 78 valence electrons. The maximum atomic E-state index is 11.6. The van der Waals surface area contributed by atoms with Crippen molar-refractivity contribution in [2.24, 2.45) is 0 Å². The van der Waals surface area contributed by atoms with E-state index in [0.717, 1.165) is 4.47 Å². The number of hydrogen-bond donors (Lipinski definition) is 1. The van der Waals surface area contributed by atoms with E-state index in [0.29, 0.717) is 17.1 Å². The van der Waals surface area contributed by atoms with E-state index in [-0.39, 0.29) is 5.91 Å². The van der Waals surface area contributed by atoms with Crippen molar-refractivity contribution in [2.45, 2.75) is 6.54 Å². The largest absolute Gasteiger partial charge is 0.364 e. The fraction of sp³-hybridized carbons (Fsp3) is 0.111. The van der Waals surface area contributed by atoms with Gasteiger partial charge in [-0.2, -0.15) is 0 Å². The summed E-state index contributed by atoms with van der Waals surface area (Å²) in [6.45, 7) is 0.375. The fourth-order valence-corrected chi connectivity index (χ4v) is 2.50. The number of carbonyl (C=O) groups excluding carboxylic acids is 1. The summed E-state index contributed by atoms with van der Waals surface area (Å²) in [5.74, 6) is -0.111. The third-order valence-corrected chi connectivity index (χ3v) is 3.58. The van der Waals surface area contributed by atoms with Gasteiger partial charge < -0.3 is 9.84 Å². The summed E-state index contributed by atoms with van der Waals surface area (Å²) in [6.07, 6.45) is 1.47. The van der Waals surface area contributed by atoms with Crippen molar-refractivity contribution in [3.05, 3.63) is 38.8 Å². The summed E-state index contributed by atoms with van der Waals surface area (Å²) in [6, 6.07) is 3.55. The van der Waals surface area contributed by atoms with Crippen molar-refractivity contribution in [2.75, 3.05) is 0 Å². The molecule has 0 aliphatic heterocycles. The molecule has 0 unspecified atom stereocenters. The zero-order chi connectivity index (χ0) is 10.7. The summed E-state index contributed by atoms with van der Waals surface area (Å²) in [5.41, 5.74) is 0.705. The second-order valence-electron chi connectivity index (χ2n) is 2.77. The monoisotopic (exact) mass is 286 g/mol. The SMILES string of the molecule is O=C(NCc1ccon1)c1sccc1Br. The Morgan fingerprint density at radius 1 is 1.60 bits per heavy atom. The molecule has 0 aliphatic rings. The predicted octanol–water partition coefficient (Wildman–Crippen LogP) is 2.43. The van der Waals surface area contributed by atoms with Gasteiger partial charge in [0.1, 0.15) is 16.8 Å². The predicted molar refractivity (Wildman–Crippen MR) is 59.7 cm³/mol. The molecule has 1 N–H and O–H groups in total. The second-order valence-corrected chi connectivity index (χ2v) is 4.54. The third-order valence-electron chi connectivity index (χ3n) is 1.74. The summed E-state index contributed by atoms with van der Waals surface area (Å²) in [4.78, 5) is 12.3. The highest BCUT2D eigenvalue weighted by Crippen LogP contribution is 2.22. The van der Waals surface area contributed by atoms with Gasteiger partial charge in [0.2, 0.25) is 0 Å². The van der Waals surface area contributed by atoms with E-state index >= 15 is 0 Å². The number of rotatable bonds is 3. The van der Waals surface area contributed by atoms with E-state index in [1.54, 1.807) is 6.07 Å². The number of halogens is 1. The standard InChI is InChI=1S/C9H7BrN2O2S/c10-7-2-4-15-8(7)9(13)11-5-6-1-3-14-12-6/h1-4H,5H2,(H,11,13). The molecule has 0 bridgehead atoms. The van der Waals surface area contributed by atoms with Crippen LogP contribution in [0.25, 0.3) is 0 Å². The Hall–Kier alpha value is -1.14. The maximum absolute atomic E-state index is 11.6. The lowest BCUT2D eigenvalue weighted by molar-refractivity contribution is 0.0953. The second kappa shape index (κ2) is 4.59. The quantitative estimate of drug-likeness (QED) is 0.943. The van der Waals surface area contributed by atoms with E-state index in [1.807, 2.05) is 11.4 Å². The minimum atomic E-state index is -0.111. The van der Waals surface area contributed by atoms with E-state index in [4.69, 9.17) is 0 Å². The van der Waals surface area contributed by atoms with Gasteiger partial charge in [-0.05, 0) is 27.4 Å². The van der Waals surface area contributed by atoms with Gasteiger partial charge >= 0.3 is 0 Å². The molecule has 0 saturated carbocycles. The van der Waals surface area contributed by atoms with E-state index in [1.165, 1.54) is 17.6 Å². The lowest BCUT2D eigenvalue weighted by Gasteiger charge is -2.00. The molecule has 0 radical (unpaired) electrons. The molecule has 0 aliphatic carbocycles. The maximum Gasteiger partial charge on any atom is 0.262 e. The Bertz CT molecular complexity index is 452. The number of thiophene rings is 1. The average molecular weight is 287 g/mol. The highest BCUT2D eigenvalue weighted by Gasteiger charge is 2.11.